The Bertz CT molecular complexity index is 3750. The van der Waals surface area contributed by atoms with Crippen LogP contribution in [0, 0.1) is 0 Å². The van der Waals surface area contributed by atoms with Crippen molar-refractivity contribution in [3.63, 3.8) is 0 Å². The predicted molar refractivity (Wildman–Crippen MR) is 249 cm³/mol. The molecule has 0 atom stereocenters. The molecule has 0 amide bonds. The number of hydrogen-bond acceptors (Lipinski definition) is 1. The van der Waals surface area contributed by atoms with E-state index in [4.69, 9.17) is 0 Å². The average molecular weight is 737 g/mol. The van der Waals surface area contributed by atoms with Gasteiger partial charge in [-0.3, -0.25) is 0 Å². The van der Waals surface area contributed by atoms with Crippen LogP contribution in [-0.2, 0) is 0 Å². The van der Waals surface area contributed by atoms with E-state index in [-0.39, 0.29) is 0 Å². The van der Waals surface area contributed by atoms with Crippen molar-refractivity contribution in [2.45, 2.75) is 0 Å². The van der Waals surface area contributed by atoms with E-state index in [0.29, 0.717) is 0 Å². The van der Waals surface area contributed by atoms with Gasteiger partial charge in [0.2, 0.25) is 0 Å². The number of thiophene rings is 1. The SMILES string of the molecule is c1ccc2cc(-c3c4ccccc4c(-c4ccc5c(c4)sc4c6cccc7c(-c8ccc9ccccc9c8)cc8cccc(c54)c8c76)c4ccccc34)ccc2c1. The minimum absolute atomic E-state index is 1.25. The van der Waals surface area contributed by atoms with E-state index in [1.165, 1.54) is 129 Å². The lowest BCUT2D eigenvalue weighted by molar-refractivity contribution is 1.69. The van der Waals surface area contributed by atoms with Gasteiger partial charge in [0.25, 0.3) is 0 Å². The second kappa shape index (κ2) is 11.7. The lowest BCUT2D eigenvalue weighted by Gasteiger charge is -2.18. The topological polar surface area (TPSA) is 0 Å². The molecule has 0 unspecified atom stereocenters. The van der Waals surface area contributed by atoms with Gasteiger partial charge < -0.3 is 0 Å². The fourth-order valence-electron chi connectivity index (χ4n) is 10.0. The summed E-state index contributed by atoms with van der Waals surface area (Å²) >= 11 is 1.94. The van der Waals surface area contributed by atoms with Gasteiger partial charge in [-0.05, 0) is 128 Å². The molecule has 1 heterocycles. The third kappa shape index (κ3) is 4.43. The van der Waals surface area contributed by atoms with Crippen LogP contribution in [-0.4, -0.2) is 0 Å². The Morgan fingerprint density at radius 1 is 0.263 bits per heavy atom. The van der Waals surface area contributed by atoms with E-state index in [9.17, 15) is 0 Å². The largest absolute Gasteiger partial charge is 0.134 e. The van der Waals surface area contributed by atoms with Crippen LogP contribution >= 0.6 is 11.3 Å². The van der Waals surface area contributed by atoms with Gasteiger partial charge in [-0.1, -0.05) is 170 Å². The van der Waals surface area contributed by atoms with E-state index < -0.39 is 0 Å². The zero-order chi connectivity index (χ0) is 37.2. The number of hydrogen-bond donors (Lipinski definition) is 0. The molecule has 0 N–H and O–H groups in total. The zero-order valence-corrected chi connectivity index (χ0v) is 31.7. The monoisotopic (exact) mass is 736 g/mol. The van der Waals surface area contributed by atoms with Crippen LogP contribution in [0.1, 0.15) is 0 Å². The predicted octanol–water partition coefficient (Wildman–Crippen LogP) is 16.6. The minimum Gasteiger partial charge on any atom is -0.134 e. The number of benzene rings is 12. The molecule has 12 aromatic carbocycles. The first kappa shape index (κ1) is 31.2. The van der Waals surface area contributed by atoms with Crippen LogP contribution in [0.25, 0.3) is 129 Å². The van der Waals surface area contributed by atoms with Crippen LogP contribution in [0.15, 0.2) is 194 Å². The van der Waals surface area contributed by atoms with Crippen LogP contribution in [0.3, 0.4) is 0 Å². The quantitative estimate of drug-likeness (QED) is 0.125. The summed E-state index contributed by atoms with van der Waals surface area (Å²) in [4.78, 5) is 0. The van der Waals surface area contributed by atoms with E-state index in [1.54, 1.807) is 0 Å². The standard InChI is InChI=1S/C56H32S/c1-3-13-35-29-37(25-23-33(35)11-1)49-31-38-15-9-21-47-53(38)54-45(49)20-10-22-48(54)56-55(47)46-28-27-40(32-50(46)57-56)52-43-18-7-5-16-41(43)51(42-17-6-8-19-44(42)52)39-26-24-34-12-2-4-14-36(34)30-39/h1-32H. The second-order valence-electron chi connectivity index (χ2n) is 15.5. The van der Waals surface area contributed by atoms with Crippen molar-refractivity contribution in [1.29, 1.82) is 0 Å². The summed E-state index contributed by atoms with van der Waals surface area (Å²) in [6, 6.07) is 72.6. The molecule has 0 spiro atoms. The molecular formula is C56H32S. The molecule has 13 aromatic rings. The lowest BCUT2D eigenvalue weighted by Crippen LogP contribution is -1.91. The smallest absolute Gasteiger partial charge is 0.0440 e. The molecule has 1 aromatic heterocycles. The Morgan fingerprint density at radius 3 is 1.44 bits per heavy atom. The van der Waals surface area contributed by atoms with Crippen LogP contribution in [0.4, 0.5) is 0 Å². The molecule has 0 saturated heterocycles. The van der Waals surface area contributed by atoms with E-state index in [1.807, 2.05) is 11.3 Å². The highest BCUT2D eigenvalue weighted by molar-refractivity contribution is 7.27. The molecule has 57 heavy (non-hydrogen) atoms. The Labute approximate surface area is 332 Å². The van der Waals surface area contributed by atoms with Crippen molar-refractivity contribution in [2.75, 3.05) is 0 Å². The van der Waals surface area contributed by atoms with Crippen molar-refractivity contribution in [3.8, 4) is 33.4 Å². The van der Waals surface area contributed by atoms with Crippen molar-refractivity contribution >= 4 is 107 Å². The van der Waals surface area contributed by atoms with Crippen molar-refractivity contribution in [3.05, 3.63) is 194 Å². The van der Waals surface area contributed by atoms with E-state index in [2.05, 4.69) is 194 Å². The van der Waals surface area contributed by atoms with Gasteiger partial charge in [-0.25, -0.2) is 0 Å². The molecule has 13 rings (SSSR count). The minimum atomic E-state index is 1.25. The van der Waals surface area contributed by atoms with Crippen LogP contribution in [0.2, 0.25) is 0 Å². The summed E-state index contributed by atoms with van der Waals surface area (Å²) < 4.78 is 2.69. The maximum atomic E-state index is 2.47. The van der Waals surface area contributed by atoms with Crippen molar-refractivity contribution in [1.82, 2.24) is 0 Å². The first-order valence-corrected chi connectivity index (χ1v) is 20.6. The summed E-state index contributed by atoms with van der Waals surface area (Å²) in [5.74, 6) is 0. The third-order valence-electron chi connectivity index (χ3n) is 12.5. The van der Waals surface area contributed by atoms with Gasteiger partial charge in [0.05, 0.1) is 0 Å². The van der Waals surface area contributed by atoms with Gasteiger partial charge in [0, 0.05) is 25.6 Å². The normalized spacial score (nSPS) is 12.2. The first-order chi connectivity index (χ1) is 28.3. The summed E-state index contributed by atoms with van der Waals surface area (Å²) in [7, 11) is 0. The number of rotatable bonds is 3. The molecule has 0 bridgehead atoms. The Hall–Kier alpha value is -7.06. The fourth-order valence-corrected chi connectivity index (χ4v) is 11.3. The van der Waals surface area contributed by atoms with Crippen LogP contribution < -0.4 is 0 Å². The van der Waals surface area contributed by atoms with Crippen LogP contribution in [0.5, 0.6) is 0 Å². The Balaban J connectivity index is 1.07. The Kier molecular flexibility index (Phi) is 6.41. The van der Waals surface area contributed by atoms with Crippen molar-refractivity contribution in [2.24, 2.45) is 0 Å². The molecule has 0 aliphatic carbocycles. The molecule has 0 saturated carbocycles. The highest BCUT2D eigenvalue weighted by Gasteiger charge is 2.21. The molecule has 1 heteroatoms. The van der Waals surface area contributed by atoms with Gasteiger partial charge in [0.1, 0.15) is 0 Å². The van der Waals surface area contributed by atoms with Gasteiger partial charge in [0.15, 0.2) is 0 Å². The molecular weight excluding hydrogens is 705 g/mol. The molecule has 262 valence electrons. The summed E-state index contributed by atoms with van der Waals surface area (Å²) in [5.41, 5.74) is 7.65. The molecule has 0 radical (unpaired) electrons. The van der Waals surface area contributed by atoms with E-state index in [0.717, 1.165) is 0 Å². The first-order valence-electron chi connectivity index (χ1n) is 19.7. The number of fused-ring (bicyclic) bond motifs is 9. The Morgan fingerprint density at radius 2 is 0.754 bits per heavy atom. The summed E-state index contributed by atoms with van der Waals surface area (Å²) in [5, 5.41) is 20.9. The molecule has 0 nitrogen and oxygen atoms in total. The molecule has 0 aliphatic rings. The second-order valence-corrected chi connectivity index (χ2v) is 16.6. The maximum absolute atomic E-state index is 2.47. The van der Waals surface area contributed by atoms with Gasteiger partial charge in [-0.2, -0.15) is 0 Å². The molecule has 0 aliphatic heterocycles. The lowest BCUT2D eigenvalue weighted by atomic mass is 9.85. The highest BCUT2D eigenvalue weighted by atomic mass is 32.1. The highest BCUT2D eigenvalue weighted by Crippen LogP contribution is 2.51. The van der Waals surface area contributed by atoms with Gasteiger partial charge in [-0.15, -0.1) is 11.3 Å². The van der Waals surface area contributed by atoms with Gasteiger partial charge >= 0.3 is 0 Å². The zero-order valence-electron chi connectivity index (χ0n) is 30.9. The summed E-state index contributed by atoms with van der Waals surface area (Å²) in [6.45, 7) is 0. The molecule has 0 fully saturated rings. The van der Waals surface area contributed by atoms with E-state index >= 15 is 0 Å². The maximum Gasteiger partial charge on any atom is 0.0440 e. The third-order valence-corrected chi connectivity index (χ3v) is 13.7. The summed E-state index contributed by atoms with van der Waals surface area (Å²) in [6.07, 6.45) is 0. The average Bonchev–Trinajstić information content (AvgIpc) is 3.66. The fraction of sp³-hybridized carbons (Fsp3) is 0. The van der Waals surface area contributed by atoms with Crippen molar-refractivity contribution < 1.29 is 0 Å².